The van der Waals surface area contributed by atoms with Gasteiger partial charge in [0.2, 0.25) is 0 Å². The van der Waals surface area contributed by atoms with Crippen LogP contribution in [-0.2, 0) is 9.53 Å². The smallest absolute Gasteiger partial charge is 0.329 e. The maximum Gasteiger partial charge on any atom is 0.329 e. The highest BCUT2D eigenvalue weighted by molar-refractivity contribution is 8.02. The quantitative estimate of drug-likeness (QED) is 0.275. The minimum Gasteiger partial charge on any atom is -0.451 e. The number of thioether (sulfide) groups is 1. The Balaban J connectivity index is 4.47. The Morgan fingerprint density at radius 3 is 2.80 bits per heavy atom. The zero-order valence-electron chi connectivity index (χ0n) is 12.1. The fourth-order valence-corrected chi connectivity index (χ4v) is 1.83. The van der Waals surface area contributed by atoms with Gasteiger partial charge in [0.15, 0.2) is 6.61 Å². The molecule has 3 nitrogen and oxygen atoms in total. The number of rotatable bonds is 11. The van der Waals surface area contributed by atoms with Crippen molar-refractivity contribution in [2.24, 2.45) is 0 Å². The number of hydrogen-bond acceptors (Lipinski definition) is 4. The SMILES string of the molecule is C#CCOC(=O)C(CC(=C)SC)NC(=C)CCCC=C. The molecule has 1 unspecified atom stereocenters. The van der Waals surface area contributed by atoms with E-state index in [0.717, 1.165) is 29.9 Å². The van der Waals surface area contributed by atoms with Crippen LogP contribution < -0.4 is 5.32 Å². The summed E-state index contributed by atoms with van der Waals surface area (Å²) in [6, 6.07) is -0.487. The zero-order chi connectivity index (χ0) is 15.4. The van der Waals surface area contributed by atoms with Crippen molar-refractivity contribution in [3.05, 3.63) is 36.4 Å². The molecule has 0 aromatic heterocycles. The van der Waals surface area contributed by atoms with Gasteiger partial charge in [0.25, 0.3) is 0 Å². The molecule has 0 aliphatic heterocycles. The highest BCUT2D eigenvalue weighted by Gasteiger charge is 2.20. The zero-order valence-corrected chi connectivity index (χ0v) is 12.9. The Morgan fingerprint density at radius 1 is 1.55 bits per heavy atom. The van der Waals surface area contributed by atoms with E-state index in [1.807, 2.05) is 12.3 Å². The molecular formula is C16H23NO2S. The maximum atomic E-state index is 11.9. The second-order valence-corrected chi connectivity index (χ2v) is 5.23. The summed E-state index contributed by atoms with van der Waals surface area (Å²) in [4.78, 5) is 12.8. The van der Waals surface area contributed by atoms with Crippen LogP contribution in [0.15, 0.2) is 36.4 Å². The third-order valence-electron chi connectivity index (χ3n) is 2.57. The Bertz CT molecular complexity index is 396. The predicted molar refractivity (Wildman–Crippen MR) is 87.2 cm³/mol. The van der Waals surface area contributed by atoms with Crippen LogP contribution >= 0.6 is 11.8 Å². The van der Waals surface area contributed by atoms with E-state index in [2.05, 4.69) is 31.0 Å². The van der Waals surface area contributed by atoms with Crippen molar-refractivity contribution < 1.29 is 9.53 Å². The highest BCUT2D eigenvalue weighted by atomic mass is 32.2. The van der Waals surface area contributed by atoms with Crippen LogP contribution in [0.3, 0.4) is 0 Å². The molecule has 20 heavy (non-hydrogen) atoms. The molecule has 0 aliphatic carbocycles. The minimum atomic E-state index is -0.487. The number of ether oxygens (including phenoxy) is 1. The minimum absolute atomic E-state index is 0.0221. The molecule has 0 bridgehead atoms. The molecule has 1 N–H and O–H groups in total. The molecule has 4 heteroatoms. The fraction of sp³-hybridized carbons (Fsp3) is 0.438. The second kappa shape index (κ2) is 11.2. The monoisotopic (exact) mass is 293 g/mol. The number of esters is 1. The fourth-order valence-electron chi connectivity index (χ4n) is 1.50. The van der Waals surface area contributed by atoms with E-state index in [0.29, 0.717) is 6.42 Å². The number of carbonyl (C=O) groups is 1. The van der Waals surface area contributed by atoms with Crippen LogP contribution in [0, 0.1) is 12.3 Å². The van der Waals surface area contributed by atoms with Crippen LogP contribution in [0.25, 0.3) is 0 Å². The Labute approximate surface area is 126 Å². The Morgan fingerprint density at radius 2 is 2.25 bits per heavy atom. The third-order valence-corrected chi connectivity index (χ3v) is 3.31. The van der Waals surface area contributed by atoms with E-state index in [1.165, 1.54) is 11.8 Å². The van der Waals surface area contributed by atoms with Gasteiger partial charge in [-0.1, -0.05) is 25.2 Å². The first-order chi connectivity index (χ1) is 9.54. The first kappa shape index (κ1) is 18.4. The lowest BCUT2D eigenvalue weighted by Crippen LogP contribution is -2.37. The van der Waals surface area contributed by atoms with Crippen molar-refractivity contribution in [1.29, 1.82) is 0 Å². The van der Waals surface area contributed by atoms with Gasteiger partial charge < -0.3 is 10.1 Å². The van der Waals surface area contributed by atoms with Crippen LogP contribution in [0.1, 0.15) is 25.7 Å². The van der Waals surface area contributed by atoms with Gasteiger partial charge >= 0.3 is 5.97 Å². The lowest BCUT2D eigenvalue weighted by atomic mass is 10.1. The average Bonchev–Trinajstić information content (AvgIpc) is 2.44. The van der Waals surface area contributed by atoms with Gasteiger partial charge in [0.1, 0.15) is 6.04 Å². The first-order valence-corrected chi connectivity index (χ1v) is 7.64. The van der Waals surface area contributed by atoms with E-state index in [1.54, 1.807) is 0 Å². The van der Waals surface area contributed by atoms with E-state index in [9.17, 15) is 4.79 Å². The van der Waals surface area contributed by atoms with Crippen molar-refractivity contribution in [3.8, 4) is 12.3 Å². The molecule has 0 aromatic rings. The summed E-state index contributed by atoms with van der Waals surface area (Å²) < 4.78 is 4.98. The van der Waals surface area contributed by atoms with Crippen molar-refractivity contribution in [1.82, 2.24) is 5.32 Å². The van der Waals surface area contributed by atoms with Gasteiger partial charge in [-0.25, -0.2) is 4.79 Å². The lowest BCUT2D eigenvalue weighted by molar-refractivity contribution is -0.144. The summed E-state index contributed by atoms with van der Waals surface area (Å²) in [6.07, 6.45) is 12.0. The third kappa shape index (κ3) is 8.49. The Kier molecular flexibility index (Phi) is 10.3. The predicted octanol–water partition coefficient (Wildman–Crippen LogP) is 3.26. The van der Waals surface area contributed by atoms with Gasteiger partial charge in [-0.2, -0.15) is 0 Å². The molecular weight excluding hydrogens is 270 g/mol. The molecule has 1 atom stereocenters. The number of unbranched alkanes of at least 4 members (excludes halogenated alkanes) is 1. The molecule has 0 spiro atoms. The summed E-state index contributed by atoms with van der Waals surface area (Å²) in [5.41, 5.74) is 0.809. The van der Waals surface area contributed by atoms with Crippen molar-refractivity contribution in [3.63, 3.8) is 0 Å². The standard InChI is InChI=1S/C16H23NO2S/c1-6-8-9-10-13(3)17-15(12-14(4)20-5)16(18)19-11-7-2/h2,6,15,17H,1,3-4,8-12H2,5H3. The van der Waals surface area contributed by atoms with E-state index >= 15 is 0 Å². The summed E-state index contributed by atoms with van der Waals surface area (Å²) in [6.45, 7) is 11.5. The normalized spacial score (nSPS) is 11.0. The molecule has 0 radical (unpaired) electrons. The number of carbonyl (C=O) groups excluding carboxylic acids is 1. The number of hydrogen-bond donors (Lipinski definition) is 1. The summed E-state index contributed by atoms with van der Waals surface area (Å²) >= 11 is 1.52. The van der Waals surface area contributed by atoms with Gasteiger partial charge in [0, 0.05) is 12.1 Å². The van der Waals surface area contributed by atoms with E-state index in [-0.39, 0.29) is 12.6 Å². The molecule has 0 saturated carbocycles. The second-order valence-electron chi connectivity index (χ2n) is 4.24. The van der Waals surface area contributed by atoms with Gasteiger partial charge in [-0.15, -0.1) is 24.8 Å². The highest BCUT2D eigenvalue weighted by Crippen LogP contribution is 2.17. The Hall–Kier alpha value is -1.60. The molecule has 0 rings (SSSR count). The molecule has 0 amide bonds. The molecule has 0 aromatic carbocycles. The summed E-state index contributed by atoms with van der Waals surface area (Å²) in [7, 11) is 0. The van der Waals surface area contributed by atoms with Gasteiger partial charge in [-0.05, 0) is 30.4 Å². The van der Waals surface area contributed by atoms with E-state index < -0.39 is 6.04 Å². The number of allylic oxidation sites excluding steroid dienone is 2. The molecule has 0 aliphatic rings. The topological polar surface area (TPSA) is 38.3 Å². The van der Waals surface area contributed by atoms with Gasteiger partial charge in [0.05, 0.1) is 0 Å². The van der Waals surface area contributed by atoms with Crippen molar-refractivity contribution >= 4 is 17.7 Å². The van der Waals surface area contributed by atoms with Crippen LogP contribution in [0.2, 0.25) is 0 Å². The average molecular weight is 293 g/mol. The summed E-state index contributed by atoms with van der Waals surface area (Å²) in [5, 5.41) is 3.10. The number of nitrogens with one attached hydrogen (secondary N) is 1. The van der Waals surface area contributed by atoms with Gasteiger partial charge in [-0.3, -0.25) is 0 Å². The summed E-state index contributed by atoms with van der Waals surface area (Å²) in [5.74, 6) is 1.91. The molecule has 0 saturated heterocycles. The van der Waals surface area contributed by atoms with Crippen LogP contribution in [0.4, 0.5) is 0 Å². The first-order valence-electron chi connectivity index (χ1n) is 6.42. The molecule has 110 valence electrons. The number of terminal acetylenes is 1. The lowest BCUT2D eigenvalue weighted by Gasteiger charge is -2.20. The van der Waals surface area contributed by atoms with E-state index in [4.69, 9.17) is 11.2 Å². The maximum absolute atomic E-state index is 11.9. The largest absolute Gasteiger partial charge is 0.451 e. The molecule has 0 fully saturated rings. The van der Waals surface area contributed by atoms with Crippen LogP contribution in [-0.4, -0.2) is 24.9 Å². The molecule has 0 heterocycles. The van der Waals surface area contributed by atoms with Crippen molar-refractivity contribution in [2.75, 3.05) is 12.9 Å². The van der Waals surface area contributed by atoms with Crippen LogP contribution in [0.5, 0.6) is 0 Å². The van der Waals surface area contributed by atoms with Crippen molar-refractivity contribution in [2.45, 2.75) is 31.7 Å².